The zero-order valence-electron chi connectivity index (χ0n) is 9.58. The first-order chi connectivity index (χ1) is 8.18. The Labute approximate surface area is 99.3 Å². The third-order valence-electron chi connectivity index (χ3n) is 2.64. The van der Waals surface area contributed by atoms with Crippen molar-refractivity contribution < 1.29 is 4.79 Å². The molecule has 0 aliphatic rings. The predicted octanol–water partition coefficient (Wildman–Crippen LogP) is 0.627. The van der Waals surface area contributed by atoms with Gasteiger partial charge in [0.1, 0.15) is 12.2 Å². The zero-order valence-corrected chi connectivity index (χ0v) is 9.58. The van der Waals surface area contributed by atoms with Crippen LogP contribution >= 0.6 is 0 Å². The number of rotatable bonds is 4. The van der Waals surface area contributed by atoms with Crippen molar-refractivity contribution in [3.63, 3.8) is 0 Å². The second-order valence-electron chi connectivity index (χ2n) is 3.83. The van der Waals surface area contributed by atoms with E-state index in [1.54, 1.807) is 11.7 Å². The van der Waals surface area contributed by atoms with Crippen LogP contribution in [0.4, 0.5) is 0 Å². The van der Waals surface area contributed by atoms with Crippen LogP contribution < -0.4 is 5.73 Å². The number of hydrogen-bond acceptors (Lipinski definition) is 4. The number of aromatic nitrogens is 3. The first-order valence-electron chi connectivity index (χ1n) is 5.34. The highest BCUT2D eigenvalue weighted by atomic mass is 16.1. The van der Waals surface area contributed by atoms with Gasteiger partial charge in [0.25, 0.3) is 0 Å². The summed E-state index contributed by atoms with van der Waals surface area (Å²) >= 11 is 0. The summed E-state index contributed by atoms with van der Waals surface area (Å²) in [6.07, 6.45) is 1.63. The lowest BCUT2D eigenvalue weighted by atomic mass is 10.0. The Morgan fingerprint density at radius 2 is 2.12 bits per heavy atom. The van der Waals surface area contributed by atoms with Gasteiger partial charge in [0, 0.05) is 7.05 Å². The van der Waals surface area contributed by atoms with Gasteiger partial charge in [0.2, 0.25) is 0 Å². The van der Waals surface area contributed by atoms with E-state index in [0.29, 0.717) is 5.82 Å². The van der Waals surface area contributed by atoms with Crippen LogP contribution in [0.15, 0.2) is 36.7 Å². The molecule has 5 nitrogen and oxygen atoms in total. The molecule has 0 aliphatic carbocycles. The van der Waals surface area contributed by atoms with E-state index < -0.39 is 6.04 Å². The number of nitrogens with two attached hydrogens (primary N) is 1. The molecule has 1 aromatic heterocycles. The standard InChI is InChI=1S/C12H14N4O/c1-16-11(14-8-15-16)7-10(17)12(13)9-5-3-2-4-6-9/h2-6,8,12H,7,13H2,1H3. The summed E-state index contributed by atoms with van der Waals surface area (Å²) in [7, 11) is 1.75. The number of hydrogen-bond donors (Lipinski definition) is 1. The molecule has 17 heavy (non-hydrogen) atoms. The van der Waals surface area contributed by atoms with E-state index in [4.69, 9.17) is 5.73 Å². The first kappa shape index (κ1) is 11.5. The lowest BCUT2D eigenvalue weighted by Crippen LogP contribution is -2.24. The van der Waals surface area contributed by atoms with Crippen molar-refractivity contribution in [2.45, 2.75) is 12.5 Å². The van der Waals surface area contributed by atoms with Gasteiger partial charge in [-0.15, -0.1) is 0 Å². The minimum atomic E-state index is -0.604. The van der Waals surface area contributed by atoms with Gasteiger partial charge in [-0.1, -0.05) is 30.3 Å². The summed E-state index contributed by atoms with van der Waals surface area (Å²) in [5.74, 6) is 0.564. The van der Waals surface area contributed by atoms with Crippen LogP contribution in [0.3, 0.4) is 0 Å². The Balaban J connectivity index is 2.09. The van der Waals surface area contributed by atoms with Gasteiger partial charge < -0.3 is 5.73 Å². The average molecular weight is 230 g/mol. The molecule has 1 atom stereocenters. The molecule has 1 heterocycles. The highest BCUT2D eigenvalue weighted by Crippen LogP contribution is 2.12. The minimum absolute atomic E-state index is 0.0627. The van der Waals surface area contributed by atoms with Gasteiger partial charge in [0.05, 0.1) is 12.5 Å². The lowest BCUT2D eigenvalue weighted by Gasteiger charge is -2.10. The van der Waals surface area contributed by atoms with Crippen LogP contribution in [-0.4, -0.2) is 20.5 Å². The molecule has 0 aliphatic heterocycles. The van der Waals surface area contributed by atoms with Crippen LogP contribution in [0.2, 0.25) is 0 Å². The van der Waals surface area contributed by atoms with E-state index in [2.05, 4.69) is 10.1 Å². The average Bonchev–Trinajstić information content (AvgIpc) is 2.75. The van der Waals surface area contributed by atoms with Gasteiger partial charge in [-0.25, -0.2) is 4.98 Å². The molecule has 0 amide bonds. The fourth-order valence-electron chi connectivity index (χ4n) is 1.59. The maximum absolute atomic E-state index is 12.0. The molecule has 2 rings (SSSR count). The van der Waals surface area contributed by atoms with Gasteiger partial charge in [-0.3, -0.25) is 9.48 Å². The van der Waals surface area contributed by atoms with Crippen LogP contribution in [0.5, 0.6) is 0 Å². The molecular weight excluding hydrogens is 216 g/mol. The van der Waals surface area contributed by atoms with Crippen molar-refractivity contribution >= 4 is 5.78 Å². The molecule has 5 heteroatoms. The zero-order chi connectivity index (χ0) is 12.3. The van der Waals surface area contributed by atoms with Crippen molar-refractivity contribution in [3.05, 3.63) is 48.0 Å². The van der Waals surface area contributed by atoms with Crippen LogP contribution in [-0.2, 0) is 18.3 Å². The summed E-state index contributed by atoms with van der Waals surface area (Å²) < 4.78 is 1.58. The summed E-state index contributed by atoms with van der Waals surface area (Å²) in [5, 5.41) is 3.91. The Kier molecular flexibility index (Phi) is 3.30. The second-order valence-corrected chi connectivity index (χ2v) is 3.83. The Hall–Kier alpha value is -2.01. The van der Waals surface area contributed by atoms with Crippen molar-refractivity contribution in [2.75, 3.05) is 0 Å². The van der Waals surface area contributed by atoms with Crippen molar-refractivity contribution in [3.8, 4) is 0 Å². The molecule has 0 bridgehead atoms. The molecule has 0 spiro atoms. The van der Waals surface area contributed by atoms with Gasteiger partial charge in [-0.2, -0.15) is 5.10 Å². The van der Waals surface area contributed by atoms with E-state index in [1.807, 2.05) is 30.3 Å². The van der Waals surface area contributed by atoms with Gasteiger partial charge in [0.15, 0.2) is 5.78 Å². The maximum Gasteiger partial charge on any atom is 0.161 e. The van der Waals surface area contributed by atoms with Crippen LogP contribution in [0.1, 0.15) is 17.4 Å². The third kappa shape index (κ3) is 2.57. The molecule has 1 aromatic carbocycles. The molecular formula is C12H14N4O. The highest BCUT2D eigenvalue weighted by molar-refractivity contribution is 5.86. The fourth-order valence-corrected chi connectivity index (χ4v) is 1.59. The van der Waals surface area contributed by atoms with Crippen molar-refractivity contribution in [1.29, 1.82) is 0 Å². The van der Waals surface area contributed by atoms with E-state index >= 15 is 0 Å². The molecule has 2 N–H and O–H groups in total. The number of carbonyl (C=O) groups is 1. The molecule has 88 valence electrons. The Morgan fingerprint density at radius 1 is 1.41 bits per heavy atom. The topological polar surface area (TPSA) is 73.8 Å². The molecule has 0 fully saturated rings. The monoisotopic (exact) mass is 230 g/mol. The lowest BCUT2D eigenvalue weighted by molar-refractivity contribution is -0.119. The Bertz CT molecular complexity index is 506. The number of nitrogens with zero attached hydrogens (tertiary/aromatic N) is 3. The number of Topliss-reactive ketones (excluding diaryl/α,β-unsaturated/α-hetero) is 1. The largest absolute Gasteiger partial charge is 0.318 e. The van der Waals surface area contributed by atoms with E-state index in [9.17, 15) is 4.79 Å². The quantitative estimate of drug-likeness (QED) is 0.835. The first-order valence-corrected chi connectivity index (χ1v) is 5.34. The number of carbonyl (C=O) groups excluding carboxylic acids is 1. The van der Waals surface area contributed by atoms with Gasteiger partial charge in [-0.05, 0) is 5.56 Å². The maximum atomic E-state index is 12.0. The Morgan fingerprint density at radius 3 is 2.71 bits per heavy atom. The van der Waals surface area contributed by atoms with Crippen molar-refractivity contribution in [2.24, 2.45) is 12.8 Å². The molecule has 1 unspecified atom stereocenters. The molecule has 0 saturated heterocycles. The SMILES string of the molecule is Cn1ncnc1CC(=O)C(N)c1ccccc1. The highest BCUT2D eigenvalue weighted by Gasteiger charge is 2.17. The van der Waals surface area contributed by atoms with Crippen LogP contribution in [0, 0.1) is 0 Å². The van der Waals surface area contributed by atoms with Gasteiger partial charge >= 0.3 is 0 Å². The normalized spacial score (nSPS) is 12.4. The smallest absolute Gasteiger partial charge is 0.161 e. The third-order valence-corrected chi connectivity index (χ3v) is 2.64. The summed E-state index contributed by atoms with van der Waals surface area (Å²) in [5.41, 5.74) is 6.72. The summed E-state index contributed by atoms with van der Waals surface area (Å²) in [6, 6.07) is 8.71. The summed E-state index contributed by atoms with van der Waals surface area (Å²) in [6.45, 7) is 0. The van der Waals surface area contributed by atoms with Crippen LogP contribution in [0.25, 0.3) is 0 Å². The number of benzene rings is 1. The van der Waals surface area contributed by atoms with E-state index in [0.717, 1.165) is 5.56 Å². The number of ketones is 1. The van der Waals surface area contributed by atoms with Crippen molar-refractivity contribution in [1.82, 2.24) is 14.8 Å². The molecule has 0 saturated carbocycles. The van der Waals surface area contributed by atoms with E-state index in [-0.39, 0.29) is 12.2 Å². The molecule has 0 radical (unpaired) electrons. The fraction of sp³-hybridized carbons (Fsp3) is 0.250. The minimum Gasteiger partial charge on any atom is -0.318 e. The number of aryl methyl sites for hydroxylation is 1. The molecule has 2 aromatic rings. The summed E-state index contributed by atoms with van der Waals surface area (Å²) in [4.78, 5) is 16.0. The van der Waals surface area contributed by atoms with E-state index in [1.165, 1.54) is 6.33 Å². The predicted molar refractivity (Wildman–Crippen MR) is 63.1 cm³/mol. The second kappa shape index (κ2) is 4.88.